The minimum absolute atomic E-state index is 0.0137. The zero-order valence-electron chi connectivity index (χ0n) is 16.6. The molecule has 3 rings (SSSR count). The smallest absolute Gasteiger partial charge is 0.407 e. The molecule has 2 aromatic rings. The molecule has 2 amide bonds. The van der Waals surface area contributed by atoms with Gasteiger partial charge >= 0.3 is 12.1 Å². The third-order valence-corrected chi connectivity index (χ3v) is 4.85. The number of amides is 2. The van der Waals surface area contributed by atoms with E-state index >= 15 is 0 Å². The summed E-state index contributed by atoms with van der Waals surface area (Å²) in [5, 5.41) is 13.8. The number of fused-ring (bicyclic) bond motifs is 3. The molecule has 3 N–H and O–H groups in total. The van der Waals surface area contributed by atoms with Gasteiger partial charge in [0.15, 0.2) is 0 Å². The molecule has 1 atom stereocenters. The number of hydrogen-bond donors (Lipinski definition) is 3. The fraction of sp³-hybridized carbons (Fsp3) is 0.261. The summed E-state index contributed by atoms with van der Waals surface area (Å²) in [6.45, 7) is 1.95. The Morgan fingerprint density at radius 3 is 2.27 bits per heavy atom. The van der Waals surface area contributed by atoms with Gasteiger partial charge in [-0.25, -0.2) is 4.79 Å². The van der Waals surface area contributed by atoms with E-state index in [1.807, 2.05) is 36.4 Å². The summed E-state index contributed by atoms with van der Waals surface area (Å²) in [5.74, 6) is -1.41. The monoisotopic (exact) mass is 408 g/mol. The number of alkyl carbamates (subject to hydrolysis) is 1. The summed E-state index contributed by atoms with van der Waals surface area (Å²) in [6.07, 6.45) is 2.00. The molecule has 0 radical (unpaired) electrons. The second kappa shape index (κ2) is 9.73. The largest absolute Gasteiger partial charge is 0.481 e. The van der Waals surface area contributed by atoms with Crippen molar-refractivity contribution in [3.8, 4) is 11.1 Å². The molecule has 0 aromatic heterocycles. The molecule has 0 saturated carbocycles. The van der Waals surface area contributed by atoms with E-state index in [2.05, 4.69) is 22.8 Å². The fourth-order valence-corrected chi connectivity index (χ4v) is 3.56. The number of benzene rings is 2. The summed E-state index contributed by atoms with van der Waals surface area (Å²) < 4.78 is 5.41. The zero-order chi connectivity index (χ0) is 21.5. The molecule has 0 spiro atoms. The number of carbonyl (C=O) groups excluding carboxylic acids is 2. The second-order valence-corrected chi connectivity index (χ2v) is 7.12. The fourth-order valence-electron chi connectivity index (χ4n) is 3.56. The maximum absolute atomic E-state index is 12.0. The summed E-state index contributed by atoms with van der Waals surface area (Å²) in [7, 11) is 0. The average molecular weight is 408 g/mol. The van der Waals surface area contributed by atoms with Crippen LogP contribution in [0.5, 0.6) is 0 Å². The standard InChI is InChI=1S/C23H24N2O5/c1-15(13-22(27)28)25-21(26)11-6-12-24-23(29)30-14-20-18-9-4-2-7-16(18)17-8-3-5-10-19(17)20/h2-11,15,20H,12-14H2,1H3,(H,24,29)(H,25,26)(H,27,28)/b11-6+. The van der Waals surface area contributed by atoms with Crippen LogP contribution in [0, 0.1) is 0 Å². The molecule has 1 aliphatic carbocycles. The van der Waals surface area contributed by atoms with Crippen molar-refractivity contribution in [1.82, 2.24) is 10.6 Å². The number of carboxylic acids is 1. The number of rotatable bonds is 8. The van der Waals surface area contributed by atoms with Gasteiger partial charge < -0.3 is 20.5 Å². The molecular formula is C23H24N2O5. The highest BCUT2D eigenvalue weighted by molar-refractivity contribution is 5.88. The number of aliphatic carboxylic acids is 1. The first kappa shape index (κ1) is 21.1. The number of carboxylic acid groups (broad SMARTS) is 1. The predicted octanol–water partition coefficient (Wildman–Crippen LogP) is 3.06. The Hall–Kier alpha value is -3.61. The lowest BCUT2D eigenvalue weighted by molar-refractivity contribution is -0.137. The lowest BCUT2D eigenvalue weighted by Crippen LogP contribution is -2.33. The highest BCUT2D eigenvalue weighted by Gasteiger charge is 2.28. The number of hydrogen-bond acceptors (Lipinski definition) is 4. The number of nitrogens with one attached hydrogen (secondary N) is 2. The molecule has 1 unspecified atom stereocenters. The summed E-state index contributed by atoms with van der Waals surface area (Å²) in [4.78, 5) is 34.3. The first-order valence-electron chi connectivity index (χ1n) is 9.73. The molecule has 2 aromatic carbocycles. The third kappa shape index (κ3) is 5.26. The van der Waals surface area contributed by atoms with Crippen LogP contribution in [-0.4, -0.2) is 42.3 Å². The van der Waals surface area contributed by atoms with Gasteiger partial charge in [0, 0.05) is 24.6 Å². The van der Waals surface area contributed by atoms with Gasteiger partial charge in [-0.05, 0) is 29.2 Å². The molecule has 0 heterocycles. The summed E-state index contributed by atoms with van der Waals surface area (Å²) in [5.41, 5.74) is 4.60. The van der Waals surface area contributed by atoms with Crippen LogP contribution in [0.1, 0.15) is 30.4 Å². The second-order valence-electron chi connectivity index (χ2n) is 7.12. The van der Waals surface area contributed by atoms with Crippen molar-refractivity contribution >= 4 is 18.0 Å². The van der Waals surface area contributed by atoms with Gasteiger partial charge in [0.05, 0.1) is 6.42 Å². The molecule has 0 fully saturated rings. The minimum atomic E-state index is -0.983. The lowest BCUT2D eigenvalue weighted by Gasteiger charge is -2.14. The van der Waals surface area contributed by atoms with Crippen LogP contribution >= 0.6 is 0 Å². The van der Waals surface area contributed by atoms with Crippen LogP contribution in [0.25, 0.3) is 11.1 Å². The number of ether oxygens (including phenoxy) is 1. The maximum Gasteiger partial charge on any atom is 0.407 e. The van der Waals surface area contributed by atoms with E-state index in [-0.39, 0.29) is 25.5 Å². The van der Waals surface area contributed by atoms with E-state index in [4.69, 9.17) is 9.84 Å². The van der Waals surface area contributed by atoms with Crippen LogP contribution in [0.3, 0.4) is 0 Å². The van der Waals surface area contributed by atoms with E-state index in [9.17, 15) is 14.4 Å². The van der Waals surface area contributed by atoms with Gasteiger partial charge in [-0.15, -0.1) is 0 Å². The average Bonchev–Trinajstić information content (AvgIpc) is 3.03. The molecule has 156 valence electrons. The van der Waals surface area contributed by atoms with Crippen LogP contribution in [0.4, 0.5) is 4.79 Å². The van der Waals surface area contributed by atoms with Gasteiger partial charge in [-0.3, -0.25) is 9.59 Å². The topological polar surface area (TPSA) is 105 Å². The lowest BCUT2D eigenvalue weighted by atomic mass is 9.98. The Balaban J connectivity index is 1.46. The van der Waals surface area contributed by atoms with E-state index < -0.39 is 24.0 Å². The van der Waals surface area contributed by atoms with Crippen LogP contribution in [0.15, 0.2) is 60.7 Å². The summed E-state index contributed by atoms with van der Waals surface area (Å²) in [6, 6.07) is 15.7. The van der Waals surface area contributed by atoms with E-state index in [1.165, 1.54) is 12.2 Å². The molecule has 30 heavy (non-hydrogen) atoms. The molecule has 1 aliphatic rings. The highest BCUT2D eigenvalue weighted by Crippen LogP contribution is 2.44. The van der Waals surface area contributed by atoms with E-state index in [0.717, 1.165) is 22.3 Å². The Labute approximate surface area is 174 Å². The van der Waals surface area contributed by atoms with Crippen molar-refractivity contribution in [3.05, 3.63) is 71.8 Å². The van der Waals surface area contributed by atoms with Crippen molar-refractivity contribution in [1.29, 1.82) is 0 Å². The Kier molecular flexibility index (Phi) is 6.85. The van der Waals surface area contributed by atoms with Crippen LogP contribution in [0.2, 0.25) is 0 Å². The summed E-state index contributed by atoms with van der Waals surface area (Å²) >= 11 is 0. The van der Waals surface area contributed by atoms with Gasteiger partial charge in [0.1, 0.15) is 6.61 Å². The van der Waals surface area contributed by atoms with E-state index in [1.54, 1.807) is 6.92 Å². The Morgan fingerprint density at radius 1 is 1.07 bits per heavy atom. The van der Waals surface area contributed by atoms with Crippen molar-refractivity contribution in [2.75, 3.05) is 13.2 Å². The Bertz CT molecular complexity index is 924. The van der Waals surface area contributed by atoms with Crippen molar-refractivity contribution < 1.29 is 24.2 Å². The SMILES string of the molecule is CC(CC(=O)O)NC(=O)/C=C/CNC(=O)OCC1c2ccccc2-c2ccccc21. The van der Waals surface area contributed by atoms with Crippen molar-refractivity contribution in [2.24, 2.45) is 0 Å². The first-order valence-corrected chi connectivity index (χ1v) is 9.73. The molecule has 0 saturated heterocycles. The molecule has 7 nitrogen and oxygen atoms in total. The molecular weight excluding hydrogens is 384 g/mol. The van der Waals surface area contributed by atoms with Crippen molar-refractivity contribution in [2.45, 2.75) is 25.3 Å². The van der Waals surface area contributed by atoms with Crippen molar-refractivity contribution in [3.63, 3.8) is 0 Å². The normalized spacial score (nSPS) is 13.4. The van der Waals surface area contributed by atoms with Gasteiger partial charge in [0.2, 0.25) is 5.91 Å². The molecule has 0 aliphatic heterocycles. The van der Waals surface area contributed by atoms with Gasteiger partial charge in [0.25, 0.3) is 0 Å². The van der Waals surface area contributed by atoms with Gasteiger partial charge in [-0.1, -0.05) is 54.6 Å². The van der Waals surface area contributed by atoms with Crippen LogP contribution in [-0.2, 0) is 14.3 Å². The number of carbonyl (C=O) groups is 3. The highest BCUT2D eigenvalue weighted by atomic mass is 16.5. The van der Waals surface area contributed by atoms with Crippen LogP contribution < -0.4 is 10.6 Å². The maximum atomic E-state index is 12.0. The minimum Gasteiger partial charge on any atom is -0.481 e. The molecule has 0 bridgehead atoms. The zero-order valence-corrected chi connectivity index (χ0v) is 16.6. The third-order valence-electron chi connectivity index (χ3n) is 4.85. The molecule has 7 heteroatoms. The predicted molar refractivity (Wildman–Crippen MR) is 112 cm³/mol. The Morgan fingerprint density at radius 2 is 1.67 bits per heavy atom. The first-order chi connectivity index (χ1) is 14.5. The quantitative estimate of drug-likeness (QED) is 0.583. The van der Waals surface area contributed by atoms with E-state index in [0.29, 0.717) is 0 Å². The van der Waals surface area contributed by atoms with Gasteiger partial charge in [-0.2, -0.15) is 0 Å².